The van der Waals surface area contributed by atoms with Crippen LogP contribution >= 0.6 is 0 Å². The summed E-state index contributed by atoms with van der Waals surface area (Å²) in [6.07, 6.45) is 6.19. The number of hydrogen-bond acceptors (Lipinski definition) is 5. The topological polar surface area (TPSA) is 62.8 Å². The van der Waals surface area contributed by atoms with Gasteiger partial charge in [0, 0.05) is 37.6 Å². The van der Waals surface area contributed by atoms with Crippen molar-refractivity contribution < 1.29 is 18.7 Å². The highest BCUT2D eigenvalue weighted by atomic mass is 19.1. The molecule has 2 aromatic rings. The molecule has 1 amide bonds. The Bertz CT molecular complexity index is 940. The van der Waals surface area contributed by atoms with Crippen LogP contribution in [-0.4, -0.2) is 45.9 Å². The first-order valence-electron chi connectivity index (χ1n) is 12.0. The lowest BCUT2D eigenvalue weighted by Gasteiger charge is -2.31. The molecular weight excluding hydrogens is 421 g/mol. The van der Waals surface area contributed by atoms with Crippen LogP contribution in [0.5, 0.6) is 5.75 Å². The van der Waals surface area contributed by atoms with E-state index < -0.39 is 0 Å². The highest BCUT2D eigenvalue weighted by Gasteiger charge is 2.21. The van der Waals surface area contributed by atoms with Gasteiger partial charge in [-0.3, -0.25) is 4.79 Å². The van der Waals surface area contributed by atoms with E-state index in [1.807, 2.05) is 24.3 Å². The minimum Gasteiger partial charge on any atom is -0.494 e. The van der Waals surface area contributed by atoms with Gasteiger partial charge in [0.25, 0.3) is 5.91 Å². The van der Waals surface area contributed by atoms with Crippen molar-refractivity contribution >= 4 is 17.3 Å². The maximum Gasteiger partial charge on any atom is 0.253 e. The van der Waals surface area contributed by atoms with Crippen molar-refractivity contribution in [1.82, 2.24) is 5.32 Å². The Morgan fingerprint density at radius 2 is 1.91 bits per heavy atom. The van der Waals surface area contributed by atoms with Crippen molar-refractivity contribution in [2.45, 2.75) is 38.6 Å². The predicted octanol–water partition coefficient (Wildman–Crippen LogP) is 4.59. The van der Waals surface area contributed by atoms with Crippen LogP contribution in [0.3, 0.4) is 0 Å². The van der Waals surface area contributed by atoms with Crippen LogP contribution in [0.4, 0.5) is 15.8 Å². The Hall–Kier alpha value is -2.80. The lowest BCUT2D eigenvalue weighted by molar-refractivity contribution is 0.0942. The highest BCUT2D eigenvalue weighted by Crippen LogP contribution is 2.27. The van der Waals surface area contributed by atoms with E-state index in [0.29, 0.717) is 31.2 Å². The molecule has 0 atom stereocenters. The summed E-state index contributed by atoms with van der Waals surface area (Å²) < 4.78 is 24.5. The van der Waals surface area contributed by atoms with Crippen molar-refractivity contribution in [1.29, 1.82) is 0 Å². The molecular formula is C26H34FN3O3. The molecule has 0 radical (unpaired) electrons. The maximum absolute atomic E-state index is 14.0. The average Bonchev–Trinajstić information content (AvgIpc) is 2.87. The van der Waals surface area contributed by atoms with Gasteiger partial charge in [0.15, 0.2) is 11.6 Å². The lowest BCUT2D eigenvalue weighted by Crippen LogP contribution is -2.38. The SMILES string of the molecule is COc1ccc(CNc2ccc(N3CCOCC3)c(C(=O)NCC3CCCCC3)c2)cc1F. The van der Waals surface area contributed by atoms with Crippen molar-refractivity contribution in [3.63, 3.8) is 0 Å². The van der Waals surface area contributed by atoms with Crippen LogP contribution in [0.2, 0.25) is 0 Å². The van der Waals surface area contributed by atoms with Crippen LogP contribution in [0.15, 0.2) is 36.4 Å². The van der Waals surface area contributed by atoms with Crippen molar-refractivity contribution in [2.75, 3.05) is 50.2 Å². The van der Waals surface area contributed by atoms with Gasteiger partial charge < -0.3 is 25.0 Å². The quantitative estimate of drug-likeness (QED) is 0.610. The zero-order valence-corrected chi connectivity index (χ0v) is 19.4. The summed E-state index contributed by atoms with van der Waals surface area (Å²) in [5, 5.41) is 6.51. The number of amides is 1. The minimum atomic E-state index is -0.387. The molecule has 1 aliphatic carbocycles. The molecule has 0 aromatic heterocycles. The van der Waals surface area contributed by atoms with E-state index >= 15 is 0 Å². The molecule has 2 aliphatic rings. The summed E-state index contributed by atoms with van der Waals surface area (Å²) >= 11 is 0. The first-order chi connectivity index (χ1) is 16.1. The molecule has 1 saturated heterocycles. The second-order valence-corrected chi connectivity index (χ2v) is 8.87. The monoisotopic (exact) mass is 455 g/mol. The number of rotatable bonds is 8. The van der Waals surface area contributed by atoms with Crippen molar-refractivity contribution in [2.24, 2.45) is 5.92 Å². The summed E-state index contributed by atoms with van der Waals surface area (Å²) in [4.78, 5) is 15.4. The fraction of sp³-hybridized carbons (Fsp3) is 0.500. The van der Waals surface area contributed by atoms with Gasteiger partial charge in [0.2, 0.25) is 0 Å². The van der Waals surface area contributed by atoms with Crippen molar-refractivity contribution in [3.8, 4) is 5.75 Å². The van der Waals surface area contributed by atoms with E-state index in [-0.39, 0.29) is 17.5 Å². The number of morpholine rings is 1. The molecule has 0 bridgehead atoms. The standard InChI is InChI=1S/C26H34FN3O3/c1-32-25-10-7-20(15-23(25)27)18-28-21-8-9-24(30-11-13-33-14-12-30)22(16-21)26(31)29-17-19-5-3-2-4-6-19/h7-10,15-16,19,28H,2-6,11-14,17-18H2,1H3,(H,29,31). The zero-order chi connectivity index (χ0) is 23.0. The molecule has 1 saturated carbocycles. The number of halogens is 1. The summed E-state index contributed by atoms with van der Waals surface area (Å²) in [5.74, 6) is 0.370. The first-order valence-corrected chi connectivity index (χ1v) is 12.0. The van der Waals surface area contributed by atoms with E-state index in [2.05, 4.69) is 15.5 Å². The van der Waals surface area contributed by atoms with Crippen LogP contribution in [-0.2, 0) is 11.3 Å². The smallest absolute Gasteiger partial charge is 0.253 e. The van der Waals surface area contributed by atoms with E-state index in [9.17, 15) is 9.18 Å². The second kappa shape index (κ2) is 11.4. The number of carbonyl (C=O) groups excluding carboxylic acids is 1. The van der Waals surface area contributed by atoms with E-state index in [1.54, 1.807) is 6.07 Å². The van der Waals surface area contributed by atoms with Gasteiger partial charge in [-0.25, -0.2) is 4.39 Å². The third kappa shape index (κ3) is 6.16. The third-order valence-electron chi connectivity index (χ3n) is 6.58. The van der Waals surface area contributed by atoms with Crippen LogP contribution < -0.4 is 20.3 Å². The number of hydrogen-bond donors (Lipinski definition) is 2. The van der Waals surface area contributed by atoms with Crippen LogP contribution in [0.25, 0.3) is 0 Å². The van der Waals surface area contributed by atoms with Gasteiger partial charge in [0.05, 0.1) is 25.9 Å². The molecule has 0 unspecified atom stereocenters. The van der Waals surface area contributed by atoms with E-state index in [1.165, 1.54) is 45.3 Å². The van der Waals surface area contributed by atoms with Gasteiger partial charge in [0.1, 0.15) is 0 Å². The number of nitrogens with zero attached hydrogens (tertiary/aromatic N) is 1. The van der Waals surface area contributed by atoms with Crippen LogP contribution in [0, 0.1) is 11.7 Å². The molecule has 2 aromatic carbocycles. The number of carbonyl (C=O) groups is 1. The molecule has 7 heteroatoms. The molecule has 4 rings (SSSR count). The van der Waals surface area contributed by atoms with Gasteiger partial charge in [-0.2, -0.15) is 0 Å². The number of benzene rings is 2. The normalized spacial score (nSPS) is 17.0. The Labute approximate surface area is 195 Å². The highest BCUT2D eigenvalue weighted by molar-refractivity contribution is 6.00. The maximum atomic E-state index is 14.0. The molecule has 1 heterocycles. The van der Waals surface area contributed by atoms with Gasteiger partial charge >= 0.3 is 0 Å². The van der Waals surface area contributed by atoms with E-state index in [4.69, 9.17) is 9.47 Å². The Morgan fingerprint density at radius 1 is 1.12 bits per heavy atom. The van der Waals surface area contributed by atoms with Gasteiger partial charge in [-0.1, -0.05) is 25.3 Å². The van der Waals surface area contributed by atoms with Gasteiger partial charge in [-0.15, -0.1) is 0 Å². The number of anilines is 2. The lowest BCUT2D eigenvalue weighted by atomic mass is 9.89. The summed E-state index contributed by atoms with van der Waals surface area (Å²) in [6, 6.07) is 10.8. The molecule has 2 fully saturated rings. The van der Waals surface area contributed by atoms with Crippen molar-refractivity contribution in [3.05, 3.63) is 53.3 Å². The third-order valence-corrected chi connectivity index (χ3v) is 6.58. The summed E-state index contributed by atoms with van der Waals surface area (Å²) in [6.45, 7) is 4.02. The largest absolute Gasteiger partial charge is 0.494 e. The number of nitrogens with one attached hydrogen (secondary N) is 2. The first kappa shape index (κ1) is 23.4. The average molecular weight is 456 g/mol. The molecule has 1 aliphatic heterocycles. The second-order valence-electron chi connectivity index (χ2n) is 8.87. The molecule has 0 spiro atoms. The van der Waals surface area contributed by atoms with Gasteiger partial charge in [-0.05, 0) is 54.7 Å². The molecule has 33 heavy (non-hydrogen) atoms. The summed E-state index contributed by atoms with van der Waals surface area (Å²) in [7, 11) is 1.45. The summed E-state index contributed by atoms with van der Waals surface area (Å²) in [5.41, 5.74) is 3.22. The number of methoxy groups -OCH3 is 1. The minimum absolute atomic E-state index is 0.0405. The van der Waals surface area contributed by atoms with E-state index in [0.717, 1.165) is 36.6 Å². The predicted molar refractivity (Wildman–Crippen MR) is 129 cm³/mol. The fourth-order valence-corrected chi connectivity index (χ4v) is 4.66. The zero-order valence-electron chi connectivity index (χ0n) is 19.4. The van der Waals surface area contributed by atoms with Crippen LogP contribution in [0.1, 0.15) is 48.0 Å². The molecule has 6 nitrogen and oxygen atoms in total. The Kier molecular flexibility index (Phi) is 8.05. The Balaban J connectivity index is 1.48. The fourth-order valence-electron chi connectivity index (χ4n) is 4.66. The molecule has 2 N–H and O–H groups in total. The number of ether oxygens (including phenoxy) is 2. The Morgan fingerprint density at radius 3 is 2.64 bits per heavy atom. The molecule has 178 valence electrons.